The van der Waals surface area contributed by atoms with Crippen molar-refractivity contribution in [3.63, 3.8) is 0 Å². The number of aromatic nitrogens is 2. The van der Waals surface area contributed by atoms with E-state index in [1.165, 1.54) is 0 Å². The van der Waals surface area contributed by atoms with Crippen molar-refractivity contribution >= 4 is 15.7 Å². The molecule has 3 aromatic carbocycles. The molecule has 0 aliphatic carbocycles. The Labute approximate surface area is 219 Å². The van der Waals surface area contributed by atoms with Crippen LogP contribution in [-0.4, -0.2) is 35.3 Å². The quantitative estimate of drug-likeness (QED) is 0.279. The number of carbonyl (C=O) groups excluding carboxylic acids is 1. The number of amides is 1. The van der Waals surface area contributed by atoms with Crippen LogP contribution in [0.1, 0.15) is 46.6 Å². The lowest BCUT2D eigenvalue weighted by molar-refractivity contribution is 0.0718. The van der Waals surface area contributed by atoms with Crippen LogP contribution in [0, 0.1) is 12.8 Å². The van der Waals surface area contributed by atoms with Gasteiger partial charge in [0.25, 0.3) is 5.91 Å². The number of nitrogens with zero attached hydrogens (tertiary/aromatic N) is 3. The van der Waals surface area contributed by atoms with Crippen molar-refractivity contribution in [1.82, 2.24) is 14.5 Å². The Bertz CT molecular complexity index is 1430. The Morgan fingerprint density at radius 3 is 2.14 bits per heavy atom. The van der Waals surface area contributed by atoms with E-state index in [-0.39, 0.29) is 29.3 Å². The van der Waals surface area contributed by atoms with Crippen LogP contribution in [0.4, 0.5) is 0 Å². The summed E-state index contributed by atoms with van der Waals surface area (Å²) >= 11 is 0. The van der Waals surface area contributed by atoms with Gasteiger partial charge in [-0.3, -0.25) is 4.79 Å². The molecule has 4 aromatic rings. The Morgan fingerprint density at radius 1 is 0.892 bits per heavy atom. The van der Waals surface area contributed by atoms with Crippen LogP contribution in [0.3, 0.4) is 0 Å². The van der Waals surface area contributed by atoms with Gasteiger partial charge in [-0.15, -0.1) is 0 Å². The van der Waals surface area contributed by atoms with Crippen molar-refractivity contribution in [3.8, 4) is 0 Å². The molecule has 0 atom stereocenters. The number of benzene rings is 3. The predicted octanol–water partition coefficient (Wildman–Crippen LogP) is 5.51. The highest BCUT2D eigenvalue weighted by Crippen LogP contribution is 2.22. The van der Waals surface area contributed by atoms with Crippen LogP contribution < -0.4 is 0 Å². The van der Waals surface area contributed by atoms with E-state index in [1.54, 1.807) is 27.8 Å². The number of imidazole rings is 1. The minimum Gasteiger partial charge on any atom is -0.333 e. The summed E-state index contributed by atoms with van der Waals surface area (Å²) in [5, 5.41) is 0.0172. The molecule has 1 aromatic heterocycles. The van der Waals surface area contributed by atoms with Crippen molar-refractivity contribution in [2.24, 2.45) is 5.92 Å². The van der Waals surface area contributed by atoms with Gasteiger partial charge in [-0.2, -0.15) is 0 Å². The fraction of sp³-hybridized carbons (Fsp3) is 0.267. The van der Waals surface area contributed by atoms with Crippen molar-refractivity contribution in [1.29, 1.82) is 0 Å². The fourth-order valence-corrected chi connectivity index (χ4v) is 5.78. The van der Waals surface area contributed by atoms with Crippen LogP contribution in [0.2, 0.25) is 0 Å². The Morgan fingerprint density at radius 2 is 1.51 bits per heavy atom. The molecule has 0 aliphatic heterocycles. The lowest BCUT2D eigenvalue weighted by Gasteiger charge is -2.25. The predicted molar refractivity (Wildman–Crippen MR) is 146 cm³/mol. The lowest BCUT2D eigenvalue weighted by Crippen LogP contribution is -2.34. The molecule has 0 bridgehead atoms. The van der Waals surface area contributed by atoms with Gasteiger partial charge in [-0.05, 0) is 36.1 Å². The van der Waals surface area contributed by atoms with Crippen molar-refractivity contribution in [2.75, 3.05) is 6.54 Å². The lowest BCUT2D eigenvalue weighted by atomic mass is 10.1. The van der Waals surface area contributed by atoms with E-state index in [0.29, 0.717) is 29.9 Å². The van der Waals surface area contributed by atoms with E-state index < -0.39 is 9.84 Å². The summed E-state index contributed by atoms with van der Waals surface area (Å²) in [5.41, 5.74) is 4.02. The fourth-order valence-electron chi connectivity index (χ4n) is 4.29. The highest BCUT2D eigenvalue weighted by Gasteiger charge is 2.26. The second kappa shape index (κ2) is 11.6. The Hall–Kier alpha value is -3.71. The zero-order valence-electron chi connectivity index (χ0n) is 21.5. The largest absolute Gasteiger partial charge is 0.333 e. The Balaban J connectivity index is 1.71. The van der Waals surface area contributed by atoms with Gasteiger partial charge < -0.3 is 9.47 Å². The minimum absolute atomic E-state index is 0.0172. The van der Waals surface area contributed by atoms with Gasteiger partial charge in [0.1, 0.15) is 0 Å². The molecular formula is C30H33N3O3S. The van der Waals surface area contributed by atoms with E-state index in [9.17, 15) is 13.2 Å². The maximum Gasteiger partial charge on any atom is 0.254 e. The number of hydrogen-bond acceptors (Lipinski definition) is 4. The van der Waals surface area contributed by atoms with E-state index >= 15 is 0 Å². The van der Waals surface area contributed by atoms with Gasteiger partial charge >= 0.3 is 0 Å². The van der Waals surface area contributed by atoms with Crippen LogP contribution in [0.5, 0.6) is 0 Å². The first-order chi connectivity index (χ1) is 17.7. The molecule has 37 heavy (non-hydrogen) atoms. The van der Waals surface area contributed by atoms with Crippen LogP contribution >= 0.6 is 0 Å². The molecule has 0 saturated carbocycles. The molecule has 4 rings (SSSR count). The average molecular weight is 516 g/mol. The summed E-state index contributed by atoms with van der Waals surface area (Å²) in [6.45, 7) is 7.22. The highest BCUT2D eigenvalue weighted by atomic mass is 32.2. The Kier molecular flexibility index (Phi) is 8.24. The standard InChI is InChI=1S/C30H33N3O3S/c1-23(2)19-32(29(34)27-12-8-5-9-13-27)21-28-18-31-30(33(28)20-25-10-6-4-7-11-25)37(35,36)22-26-16-14-24(3)15-17-26/h4-18,23H,19-22H2,1-3H3. The van der Waals surface area contributed by atoms with Gasteiger partial charge in [-0.1, -0.05) is 92.2 Å². The molecule has 7 heteroatoms. The zero-order chi connectivity index (χ0) is 26.4. The van der Waals surface area contributed by atoms with E-state index in [2.05, 4.69) is 18.8 Å². The highest BCUT2D eigenvalue weighted by molar-refractivity contribution is 7.90. The molecule has 6 nitrogen and oxygen atoms in total. The summed E-state index contributed by atoms with van der Waals surface area (Å²) in [6, 6.07) is 26.4. The summed E-state index contributed by atoms with van der Waals surface area (Å²) in [7, 11) is -3.74. The van der Waals surface area contributed by atoms with Gasteiger partial charge in [-0.25, -0.2) is 13.4 Å². The molecule has 0 N–H and O–H groups in total. The minimum atomic E-state index is -3.74. The van der Waals surface area contributed by atoms with Crippen molar-refractivity contribution in [3.05, 3.63) is 119 Å². The zero-order valence-corrected chi connectivity index (χ0v) is 22.4. The molecule has 192 valence electrons. The molecule has 0 spiro atoms. The van der Waals surface area contributed by atoms with Crippen LogP contribution in [0.25, 0.3) is 0 Å². The second-order valence-electron chi connectivity index (χ2n) is 9.79. The summed E-state index contributed by atoms with van der Waals surface area (Å²) in [5.74, 6) is 0.00527. The van der Waals surface area contributed by atoms with Gasteiger partial charge in [0.05, 0.1) is 30.7 Å². The average Bonchev–Trinajstić information content (AvgIpc) is 3.28. The number of rotatable bonds is 10. The number of aryl methyl sites for hydroxylation is 1. The summed E-state index contributed by atoms with van der Waals surface area (Å²) in [4.78, 5) is 19.6. The molecule has 0 radical (unpaired) electrons. The third-order valence-electron chi connectivity index (χ3n) is 6.09. The molecule has 0 saturated heterocycles. The maximum atomic E-state index is 13.6. The SMILES string of the molecule is Cc1ccc(CS(=O)(=O)c2ncc(CN(CC(C)C)C(=O)c3ccccc3)n2Cc2ccccc2)cc1. The molecule has 1 amide bonds. The van der Waals surface area contributed by atoms with E-state index in [4.69, 9.17) is 0 Å². The molecular weight excluding hydrogens is 482 g/mol. The molecule has 0 aliphatic rings. The monoisotopic (exact) mass is 515 g/mol. The number of carbonyl (C=O) groups is 1. The number of hydrogen-bond donors (Lipinski definition) is 0. The normalized spacial score (nSPS) is 11.6. The van der Waals surface area contributed by atoms with Gasteiger partial charge in [0.15, 0.2) is 0 Å². The summed E-state index contributed by atoms with van der Waals surface area (Å²) in [6.07, 6.45) is 1.59. The molecule has 0 unspecified atom stereocenters. The first kappa shape index (κ1) is 26.4. The van der Waals surface area contributed by atoms with Crippen molar-refractivity contribution in [2.45, 2.75) is 44.8 Å². The maximum absolute atomic E-state index is 13.6. The topological polar surface area (TPSA) is 72.3 Å². The van der Waals surface area contributed by atoms with Crippen LogP contribution in [-0.2, 0) is 28.7 Å². The van der Waals surface area contributed by atoms with Gasteiger partial charge in [0.2, 0.25) is 15.0 Å². The third-order valence-corrected chi connectivity index (χ3v) is 7.68. The molecule has 0 fully saturated rings. The van der Waals surface area contributed by atoms with E-state index in [0.717, 1.165) is 11.1 Å². The van der Waals surface area contributed by atoms with E-state index in [1.807, 2.05) is 79.7 Å². The summed E-state index contributed by atoms with van der Waals surface area (Å²) < 4.78 is 28.9. The second-order valence-corrected chi connectivity index (χ2v) is 11.7. The first-order valence-corrected chi connectivity index (χ1v) is 14.1. The van der Waals surface area contributed by atoms with Crippen molar-refractivity contribution < 1.29 is 13.2 Å². The first-order valence-electron chi connectivity index (χ1n) is 12.4. The number of sulfone groups is 1. The smallest absolute Gasteiger partial charge is 0.254 e. The molecule has 1 heterocycles. The third kappa shape index (κ3) is 6.74. The van der Waals surface area contributed by atoms with Crippen LogP contribution in [0.15, 0.2) is 96.3 Å². The van der Waals surface area contributed by atoms with Gasteiger partial charge in [0, 0.05) is 12.1 Å².